The molecule has 2 aromatic carbocycles. The van der Waals surface area contributed by atoms with Crippen molar-refractivity contribution in [1.82, 2.24) is 0 Å². The highest BCUT2D eigenvalue weighted by atomic mass is 16.5. The zero-order valence-electron chi connectivity index (χ0n) is 18.4. The van der Waals surface area contributed by atoms with Gasteiger partial charge in [-0.2, -0.15) is 0 Å². The van der Waals surface area contributed by atoms with Crippen LogP contribution in [-0.2, 0) is 22.3 Å². The van der Waals surface area contributed by atoms with Gasteiger partial charge in [-0.05, 0) is 55.1 Å². The molecular formula is C27H38O2. The van der Waals surface area contributed by atoms with Crippen LogP contribution in [0.3, 0.4) is 0 Å². The molecule has 0 N–H and O–H groups in total. The van der Waals surface area contributed by atoms with Crippen molar-refractivity contribution in [3.05, 3.63) is 71.8 Å². The van der Waals surface area contributed by atoms with E-state index >= 15 is 0 Å². The van der Waals surface area contributed by atoms with Crippen molar-refractivity contribution in [2.75, 3.05) is 26.4 Å². The van der Waals surface area contributed by atoms with Gasteiger partial charge < -0.3 is 9.47 Å². The van der Waals surface area contributed by atoms with Gasteiger partial charge >= 0.3 is 0 Å². The van der Waals surface area contributed by atoms with Gasteiger partial charge in [0.15, 0.2) is 0 Å². The third-order valence-corrected chi connectivity index (χ3v) is 6.47. The van der Waals surface area contributed by atoms with Crippen LogP contribution in [0, 0.1) is 10.8 Å². The number of hydrogen-bond donors (Lipinski definition) is 0. The molecule has 2 aromatic rings. The van der Waals surface area contributed by atoms with Gasteiger partial charge in [-0.1, -0.05) is 80.9 Å². The maximum atomic E-state index is 6.15. The van der Waals surface area contributed by atoms with Gasteiger partial charge in [0.25, 0.3) is 0 Å². The summed E-state index contributed by atoms with van der Waals surface area (Å²) in [6.07, 6.45) is 8.07. The van der Waals surface area contributed by atoms with Crippen molar-refractivity contribution in [1.29, 1.82) is 0 Å². The molecule has 2 nitrogen and oxygen atoms in total. The van der Waals surface area contributed by atoms with E-state index in [1.54, 1.807) is 0 Å². The molecule has 1 saturated carbocycles. The van der Waals surface area contributed by atoms with Crippen molar-refractivity contribution in [2.45, 2.75) is 58.8 Å². The topological polar surface area (TPSA) is 18.5 Å². The van der Waals surface area contributed by atoms with E-state index in [1.807, 2.05) is 0 Å². The molecule has 0 amide bonds. The van der Waals surface area contributed by atoms with E-state index in [4.69, 9.17) is 9.47 Å². The molecule has 0 aromatic heterocycles. The second-order valence-corrected chi connectivity index (χ2v) is 9.30. The molecule has 0 unspecified atom stereocenters. The average molecular weight is 395 g/mol. The largest absolute Gasteiger partial charge is 0.381 e. The number of rotatable bonds is 13. The Morgan fingerprint density at radius 1 is 0.724 bits per heavy atom. The summed E-state index contributed by atoms with van der Waals surface area (Å²) < 4.78 is 12.3. The van der Waals surface area contributed by atoms with E-state index in [0.29, 0.717) is 5.41 Å². The van der Waals surface area contributed by atoms with Gasteiger partial charge in [-0.15, -0.1) is 0 Å². The molecule has 0 heterocycles. The Bertz CT molecular complexity index is 637. The SMILES string of the molecule is CCC1(C)CC(COCCCc2ccccc2)(COCCCc2ccccc2)C1. The molecule has 1 aliphatic carbocycles. The van der Waals surface area contributed by atoms with Crippen molar-refractivity contribution in [2.24, 2.45) is 10.8 Å². The van der Waals surface area contributed by atoms with E-state index in [0.717, 1.165) is 52.1 Å². The summed E-state index contributed by atoms with van der Waals surface area (Å²) in [5.41, 5.74) is 3.50. The van der Waals surface area contributed by atoms with Crippen LogP contribution in [0.2, 0.25) is 0 Å². The van der Waals surface area contributed by atoms with E-state index in [2.05, 4.69) is 74.5 Å². The Balaban J connectivity index is 1.35. The molecule has 0 atom stereocenters. The van der Waals surface area contributed by atoms with Crippen LogP contribution in [0.25, 0.3) is 0 Å². The Hall–Kier alpha value is -1.64. The third kappa shape index (κ3) is 6.97. The summed E-state index contributed by atoms with van der Waals surface area (Å²) in [4.78, 5) is 0. The highest BCUT2D eigenvalue weighted by Crippen LogP contribution is 2.56. The van der Waals surface area contributed by atoms with Crippen molar-refractivity contribution in [3.63, 3.8) is 0 Å². The first-order chi connectivity index (χ1) is 14.1. The summed E-state index contributed by atoms with van der Waals surface area (Å²) in [6, 6.07) is 21.4. The lowest BCUT2D eigenvalue weighted by Gasteiger charge is -2.54. The highest BCUT2D eigenvalue weighted by Gasteiger charge is 2.50. The van der Waals surface area contributed by atoms with Crippen LogP contribution in [0.15, 0.2) is 60.7 Å². The Labute approximate surface area is 177 Å². The molecule has 0 radical (unpaired) electrons. The van der Waals surface area contributed by atoms with Crippen molar-refractivity contribution >= 4 is 0 Å². The van der Waals surface area contributed by atoms with Crippen LogP contribution >= 0.6 is 0 Å². The highest BCUT2D eigenvalue weighted by molar-refractivity contribution is 5.15. The summed E-state index contributed by atoms with van der Waals surface area (Å²) >= 11 is 0. The van der Waals surface area contributed by atoms with Gasteiger partial charge in [0.05, 0.1) is 13.2 Å². The molecule has 1 aliphatic rings. The van der Waals surface area contributed by atoms with Gasteiger partial charge in [0.1, 0.15) is 0 Å². The first-order valence-electron chi connectivity index (χ1n) is 11.4. The molecular weight excluding hydrogens is 356 g/mol. The molecule has 29 heavy (non-hydrogen) atoms. The summed E-state index contributed by atoms with van der Waals surface area (Å²) in [7, 11) is 0. The lowest BCUT2D eigenvalue weighted by Crippen LogP contribution is -2.50. The zero-order chi connectivity index (χ0) is 20.4. The number of ether oxygens (including phenoxy) is 2. The second kappa shape index (κ2) is 10.9. The zero-order valence-corrected chi connectivity index (χ0v) is 18.4. The molecule has 0 saturated heterocycles. The van der Waals surface area contributed by atoms with Crippen LogP contribution in [0.1, 0.15) is 57.1 Å². The minimum Gasteiger partial charge on any atom is -0.381 e. The van der Waals surface area contributed by atoms with Crippen LogP contribution in [0.5, 0.6) is 0 Å². The Kier molecular flexibility index (Phi) is 8.32. The minimum atomic E-state index is 0.226. The average Bonchev–Trinajstić information content (AvgIpc) is 2.73. The molecule has 0 aliphatic heterocycles. The van der Waals surface area contributed by atoms with Crippen LogP contribution in [-0.4, -0.2) is 26.4 Å². The molecule has 0 spiro atoms. The fourth-order valence-electron chi connectivity index (χ4n) is 4.88. The van der Waals surface area contributed by atoms with E-state index in [1.165, 1.54) is 30.4 Å². The maximum absolute atomic E-state index is 6.15. The summed E-state index contributed by atoms with van der Waals surface area (Å²) in [5.74, 6) is 0. The molecule has 158 valence electrons. The fraction of sp³-hybridized carbons (Fsp3) is 0.556. The molecule has 2 heteroatoms. The number of hydrogen-bond acceptors (Lipinski definition) is 2. The van der Waals surface area contributed by atoms with E-state index in [-0.39, 0.29) is 5.41 Å². The minimum absolute atomic E-state index is 0.226. The van der Waals surface area contributed by atoms with Gasteiger partial charge in [-0.25, -0.2) is 0 Å². The standard InChI is InChI=1S/C27H38O2/c1-3-26(2)20-27(21-26,22-28-18-10-16-24-12-6-4-7-13-24)23-29-19-11-17-25-14-8-5-9-15-25/h4-9,12-15H,3,10-11,16-23H2,1-2H3. The number of benzene rings is 2. The maximum Gasteiger partial charge on any atom is 0.0544 e. The smallest absolute Gasteiger partial charge is 0.0544 e. The predicted molar refractivity (Wildman–Crippen MR) is 121 cm³/mol. The van der Waals surface area contributed by atoms with Gasteiger partial charge in [0.2, 0.25) is 0 Å². The first kappa shape index (κ1) is 22.1. The van der Waals surface area contributed by atoms with Crippen LogP contribution < -0.4 is 0 Å². The molecule has 1 fully saturated rings. The Morgan fingerprint density at radius 3 is 1.59 bits per heavy atom. The first-order valence-corrected chi connectivity index (χ1v) is 11.4. The summed E-state index contributed by atoms with van der Waals surface area (Å²) in [5, 5.41) is 0. The van der Waals surface area contributed by atoms with Crippen molar-refractivity contribution in [3.8, 4) is 0 Å². The fourth-order valence-corrected chi connectivity index (χ4v) is 4.88. The quantitative estimate of drug-likeness (QED) is 0.362. The molecule has 3 rings (SSSR count). The van der Waals surface area contributed by atoms with Gasteiger partial charge in [-0.3, -0.25) is 0 Å². The van der Waals surface area contributed by atoms with Crippen LogP contribution in [0.4, 0.5) is 0 Å². The summed E-state index contributed by atoms with van der Waals surface area (Å²) in [6.45, 7) is 8.09. The van der Waals surface area contributed by atoms with Crippen molar-refractivity contribution < 1.29 is 9.47 Å². The lowest BCUT2D eigenvalue weighted by atomic mass is 9.53. The second-order valence-electron chi connectivity index (χ2n) is 9.30. The lowest BCUT2D eigenvalue weighted by molar-refractivity contribution is -0.130. The van der Waals surface area contributed by atoms with Gasteiger partial charge in [0, 0.05) is 18.6 Å². The third-order valence-electron chi connectivity index (χ3n) is 6.47. The van der Waals surface area contributed by atoms with E-state index in [9.17, 15) is 0 Å². The predicted octanol–water partition coefficient (Wildman–Crippen LogP) is 6.48. The molecule has 0 bridgehead atoms. The Morgan fingerprint density at radius 2 is 1.17 bits per heavy atom. The van der Waals surface area contributed by atoms with E-state index < -0.39 is 0 Å². The monoisotopic (exact) mass is 394 g/mol. The number of aryl methyl sites for hydroxylation is 2. The normalized spacial score (nSPS) is 17.0.